The number of hydrogen-bond donors (Lipinski definition) is 1. The van der Waals surface area contributed by atoms with E-state index in [4.69, 9.17) is 10.00 Å². The minimum absolute atomic E-state index is 0.0358. The van der Waals surface area contributed by atoms with Crippen LogP contribution in [0.2, 0.25) is 0 Å². The quantitative estimate of drug-likeness (QED) is 0.913. The Balaban J connectivity index is 1.38. The lowest BCUT2D eigenvalue weighted by Crippen LogP contribution is -2.57. The molecule has 0 aliphatic carbocycles. The van der Waals surface area contributed by atoms with Crippen LogP contribution in [0.3, 0.4) is 0 Å². The van der Waals surface area contributed by atoms with Gasteiger partial charge in [0.05, 0.1) is 0 Å². The van der Waals surface area contributed by atoms with Crippen LogP contribution in [0.5, 0.6) is 10.9 Å². The van der Waals surface area contributed by atoms with Crippen molar-refractivity contribution in [1.29, 1.82) is 5.26 Å². The molecule has 0 spiro atoms. The van der Waals surface area contributed by atoms with Crippen LogP contribution in [-0.2, 0) is 0 Å². The lowest BCUT2D eigenvalue weighted by molar-refractivity contribution is 0.0620. The van der Waals surface area contributed by atoms with Gasteiger partial charge in [0.15, 0.2) is 5.69 Å². The number of piperidine rings is 3. The van der Waals surface area contributed by atoms with Crippen LogP contribution in [0.4, 0.5) is 0 Å². The molecule has 1 N–H and O–H groups in total. The number of nitrogens with one attached hydrogen (secondary N) is 1. The molecule has 1 amide bonds. The third-order valence-corrected chi connectivity index (χ3v) is 5.61. The SMILES string of the molecule is N#Cc1csc(Oc2ccc(C(=O)N[C@H]3CN4CCC3CC4)cc2)n1. The van der Waals surface area contributed by atoms with Crippen molar-refractivity contribution < 1.29 is 9.53 Å². The average molecular weight is 354 g/mol. The summed E-state index contributed by atoms with van der Waals surface area (Å²) < 4.78 is 5.60. The van der Waals surface area contributed by atoms with Gasteiger partial charge in [-0.1, -0.05) is 11.3 Å². The first kappa shape index (κ1) is 16.1. The van der Waals surface area contributed by atoms with E-state index in [-0.39, 0.29) is 11.9 Å². The Kier molecular flexibility index (Phi) is 4.38. The highest BCUT2D eigenvalue weighted by molar-refractivity contribution is 7.11. The van der Waals surface area contributed by atoms with E-state index in [2.05, 4.69) is 15.2 Å². The molecule has 1 atom stereocenters. The molecule has 6 nitrogen and oxygen atoms in total. The Morgan fingerprint density at radius 2 is 2.08 bits per heavy atom. The second-order valence-corrected chi connectivity index (χ2v) is 7.28. The van der Waals surface area contributed by atoms with Crippen molar-refractivity contribution in [2.75, 3.05) is 19.6 Å². The van der Waals surface area contributed by atoms with Crippen LogP contribution in [0.1, 0.15) is 28.9 Å². The topological polar surface area (TPSA) is 78.2 Å². The monoisotopic (exact) mass is 354 g/mol. The lowest BCUT2D eigenvalue weighted by atomic mass is 9.84. The Morgan fingerprint density at radius 3 is 2.68 bits per heavy atom. The van der Waals surface area contributed by atoms with Crippen molar-refractivity contribution in [2.45, 2.75) is 18.9 Å². The van der Waals surface area contributed by atoms with E-state index in [9.17, 15) is 4.79 Å². The molecule has 2 bridgehead atoms. The highest BCUT2D eigenvalue weighted by Gasteiger charge is 2.34. The molecule has 7 heteroatoms. The normalized spacial score (nSPS) is 24.5. The highest BCUT2D eigenvalue weighted by Crippen LogP contribution is 2.28. The number of nitriles is 1. The maximum Gasteiger partial charge on any atom is 0.279 e. The Morgan fingerprint density at radius 1 is 1.32 bits per heavy atom. The summed E-state index contributed by atoms with van der Waals surface area (Å²) in [7, 11) is 0. The largest absolute Gasteiger partial charge is 0.431 e. The molecule has 128 valence electrons. The van der Waals surface area contributed by atoms with Crippen LogP contribution in [0.15, 0.2) is 29.6 Å². The maximum atomic E-state index is 12.5. The van der Waals surface area contributed by atoms with E-state index in [0.29, 0.717) is 28.1 Å². The highest BCUT2D eigenvalue weighted by atomic mass is 32.1. The Bertz CT molecular complexity index is 803. The number of ether oxygens (including phenoxy) is 1. The summed E-state index contributed by atoms with van der Waals surface area (Å²) in [4.78, 5) is 18.9. The molecule has 3 aliphatic rings. The van der Waals surface area contributed by atoms with Gasteiger partial charge in [-0.05, 0) is 56.1 Å². The molecule has 0 unspecified atom stereocenters. The molecule has 4 heterocycles. The minimum atomic E-state index is -0.0358. The van der Waals surface area contributed by atoms with Gasteiger partial charge in [0.25, 0.3) is 11.1 Å². The zero-order valence-corrected chi connectivity index (χ0v) is 14.5. The predicted molar refractivity (Wildman–Crippen MR) is 93.8 cm³/mol. The van der Waals surface area contributed by atoms with Crippen molar-refractivity contribution in [3.05, 3.63) is 40.9 Å². The summed E-state index contributed by atoms with van der Waals surface area (Å²) in [5.41, 5.74) is 0.967. The van der Waals surface area contributed by atoms with E-state index in [1.54, 1.807) is 29.6 Å². The fourth-order valence-electron chi connectivity index (χ4n) is 3.51. The van der Waals surface area contributed by atoms with Gasteiger partial charge in [-0.2, -0.15) is 10.2 Å². The van der Waals surface area contributed by atoms with E-state index >= 15 is 0 Å². The summed E-state index contributed by atoms with van der Waals surface area (Å²) in [5, 5.41) is 14.0. The molecule has 5 rings (SSSR count). The first-order valence-corrected chi connectivity index (χ1v) is 9.26. The van der Waals surface area contributed by atoms with Crippen molar-refractivity contribution in [2.24, 2.45) is 5.92 Å². The van der Waals surface area contributed by atoms with Crippen LogP contribution < -0.4 is 10.1 Å². The molecule has 25 heavy (non-hydrogen) atoms. The number of nitrogens with zero attached hydrogens (tertiary/aromatic N) is 3. The lowest BCUT2D eigenvalue weighted by Gasteiger charge is -2.44. The van der Waals surface area contributed by atoms with Crippen LogP contribution >= 0.6 is 11.3 Å². The van der Waals surface area contributed by atoms with E-state index in [1.165, 1.54) is 24.2 Å². The predicted octanol–water partition coefficient (Wildman–Crippen LogP) is 2.63. The molecule has 1 aromatic heterocycles. The van der Waals surface area contributed by atoms with Crippen LogP contribution in [0, 0.1) is 17.2 Å². The van der Waals surface area contributed by atoms with Crippen molar-refractivity contribution in [3.8, 4) is 17.0 Å². The second-order valence-electron chi connectivity index (χ2n) is 6.45. The van der Waals surface area contributed by atoms with Gasteiger partial charge < -0.3 is 15.0 Å². The fourth-order valence-corrected chi connectivity index (χ4v) is 4.12. The first-order valence-electron chi connectivity index (χ1n) is 8.38. The van der Waals surface area contributed by atoms with Crippen molar-refractivity contribution in [1.82, 2.24) is 15.2 Å². The van der Waals surface area contributed by atoms with Crippen LogP contribution in [-0.4, -0.2) is 41.5 Å². The summed E-state index contributed by atoms with van der Waals surface area (Å²) in [6.07, 6.45) is 2.35. The Labute approximate surface area is 150 Å². The molecule has 0 radical (unpaired) electrons. The number of fused-ring (bicyclic) bond motifs is 3. The third kappa shape index (κ3) is 3.50. The number of hydrogen-bond acceptors (Lipinski definition) is 6. The minimum Gasteiger partial charge on any atom is -0.431 e. The zero-order chi connectivity index (χ0) is 17.2. The number of carbonyl (C=O) groups excluding carboxylic acids is 1. The summed E-state index contributed by atoms with van der Waals surface area (Å²) in [6, 6.07) is 9.23. The van der Waals surface area contributed by atoms with Gasteiger partial charge in [0, 0.05) is 23.5 Å². The molecule has 3 saturated heterocycles. The van der Waals surface area contributed by atoms with Crippen molar-refractivity contribution in [3.63, 3.8) is 0 Å². The van der Waals surface area contributed by atoms with E-state index in [0.717, 1.165) is 19.6 Å². The summed E-state index contributed by atoms with van der Waals surface area (Å²) >= 11 is 1.27. The van der Waals surface area contributed by atoms with Gasteiger partial charge in [0.2, 0.25) is 0 Å². The number of rotatable bonds is 4. The van der Waals surface area contributed by atoms with E-state index in [1.807, 2.05) is 6.07 Å². The molecule has 0 saturated carbocycles. The molecule has 1 aromatic carbocycles. The average Bonchev–Trinajstić information content (AvgIpc) is 3.11. The number of aromatic nitrogens is 1. The summed E-state index contributed by atoms with van der Waals surface area (Å²) in [6.45, 7) is 3.28. The molecular formula is C18H18N4O2S. The third-order valence-electron chi connectivity index (χ3n) is 4.89. The standard InChI is InChI=1S/C18H18N4O2S/c19-9-14-11-25-18(20-14)24-15-3-1-13(2-4-15)17(23)21-16-10-22-7-5-12(16)6-8-22/h1-4,11-12,16H,5-8,10H2,(H,21,23)/t16-/m0/s1. The number of carbonyl (C=O) groups is 1. The molecule has 2 aromatic rings. The second kappa shape index (κ2) is 6.82. The first-order chi connectivity index (χ1) is 12.2. The smallest absolute Gasteiger partial charge is 0.279 e. The van der Waals surface area contributed by atoms with Gasteiger partial charge in [0.1, 0.15) is 11.8 Å². The maximum absolute atomic E-state index is 12.5. The van der Waals surface area contributed by atoms with Gasteiger partial charge >= 0.3 is 0 Å². The molecule has 3 fully saturated rings. The van der Waals surface area contributed by atoms with Gasteiger partial charge in [-0.25, -0.2) is 0 Å². The van der Waals surface area contributed by atoms with Gasteiger partial charge in [-0.15, -0.1) is 0 Å². The number of thiazole rings is 1. The molecular weight excluding hydrogens is 336 g/mol. The summed E-state index contributed by atoms with van der Waals surface area (Å²) in [5.74, 6) is 1.17. The zero-order valence-electron chi connectivity index (χ0n) is 13.6. The van der Waals surface area contributed by atoms with E-state index < -0.39 is 0 Å². The Hall–Kier alpha value is -2.43. The number of benzene rings is 1. The fraction of sp³-hybridized carbons (Fsp3) is 0.389. The number of amides is 1. The van der Waals surface area contributed by atoms with Crippen molar-refractivity contribution >= 4 is 17.2 Å². The van der Waals surface area contributed by atoms with Gasteiger partial charge in [-0.3, -0.25) is 4.79 Å². The van der Waals surface area contributed by atoms with Crippen LogP contribution in [0.25, 0.3) is 0 Å². The molecule has 3 aliphatic heterocycles.